The summed E-state index contributed by atoms with van der Waals surface area (Å²) in [5.74, 6) is 1.17. The van der Waals surface area contributed by atoms with E-state index in [1.807, 2.05) is 0 Å². The van der Waals surface area contributed by atoms with Crippen molar-refractivity contribution in [3.05, 3.63) is 28.8 Å². The van der Waals surface area contributed by atoms with Gasteiger partial charge in [-0.1, -0.05) is 17.7 Å². The molecule has 0 radical (unpaired) electrons. The molecular weight excluding hydrogens is 186 g/mol. The van der Waals surface area contributed by atoms with Gasteiger partial charge in [-0.05, 0) is 31.9 Å². The first-order valence-corrected chi connectivity index (χ1v) is 5.84. The largest absolute Gasteiger partial charge is 0.493 e. The summed E-state index contributed by atoms with van der Waals surface area (Å²) in [7, 11) is 0. The fourth-order valence-corrected chi connectivity index (χ4v) is 2.71. The minimum atomic E-state index is 0.525. The van der Waals surface area contributed by atoms with Crippen LogP contribution in [0.15, 0.2) is 12.1 Å². The maximum absolute atomic E-state index is 5.76. The predicted molar refractivity (Wildman–Crippen MR) is 60.4 cm³/mol. The van der Waals surface area contributed by atoms with Crippen LogP contribution in [0.5, 0.6) is 5.75 Å². The van der Waals surface area contributed by atoms with E-state index >= 15 is 0 Å². The first kappa shape index (κ1) is 9.22. The van der Waals surface area contributed by atoms with E-state index in [2.05, 4.69) is 24.4 Å². The highest BCUT2D eigenvalue weighted by Gasteiger charge is 2.24. The van der Waals surface area contributed by atoms with Crippen LogP contribution in [-0.2, 0) is 6.42 Å². The molecule has 1 saturated heterocycles. The van der Waals surface area contributed by atoms with Crippen LogP contribution in [0.3, 0.4) is 0 Å². The Bertz CT molecular complexity index is 380. The second-order valence-electron chi connectivity index (χ2n) is 4.59. The van der Waals surface area contributed by atoms with Crippen LogP contribution in [0.2, 0.25) is 0 Å². The lowest BCUT2D eigenvalue weighted by molar-refractivity contribution is 0.350. The molecule has 0 aliphatic carbocycles. The van der Waals surface area contributed by atoms with Crippen molar-refractivity contribution in [2.24, 2.45) is 0 Å². The molecule has 3 rings (SSSR count). The lowest BCUT2D eigenvalue weighted by Gasteiger charge is -2.15. The third kappa shape index (κ3) is 1.53. The van der Waals surface area contributed by atoms with E-state index < -0.39 is 0 Å². The number of fused-ring (bicyclic) bond motifs is 1. The predicted octanol–water partition coefficient (Wildman–Crippen LogP) is 2.35. The summed E-state index contributed by atoms with van der Waals surface area (Å²) in [6, 6.07) is 5.07. The number of aryl methyl sites for hydroxylation is 1. The fraction of sp³-hybridized carbons (Fsp3) is 0.538. The van der Waals surface area contributed by atoms with Crippen LogP contribution < -0.4 is 10.1 Å². The Morgan fingerprint density at radius 1 is 1.40 bits per heavy atom. The summed E-state index contributed by atoms with van der Waals surface area (Å²) in [5, 5.41) is 3.55. The van der Waals surface area contributed by atoms with E-state index in [4.69, 9.17) is 4.74 Å². The zero-order chi connectivity index (χ0) is 10.3. The van der Waals surface area contributed by atoms with Gasteiger partial charge in [0.05, 0.1) is 6.61 Å². The van der Waals surface area contributed by atoms with Gasteiger partial charge in [0.15, 0.2) is 0 Å². The van der Waals surface area contributed by atoms with E-state index in [-0.39, 0.29) is 0 Å². The number of rotatable bonds is 1. The maximum Gasteiger partial charge on any atom is 0.127 e. The third-order valence-electron chi connectivity index (χ3n) is 3.39. The second-order valence-corrected chi connectivity index (χ2v) is 4.59. The van der Waals surface area contributed by atoms with E-state index in [9.17, 15) is 0 Å². The Morgan fingerprint density at radius 3 is 3.13 bits per heavy atom. The van der Waals surface area contributed by atoms with Crippen LogP contribution in [0.1, 0.15) is 35.6 Å². The summed E-state index contributed by atoms with van der Waals surface area (Å²) >= 11 is 0. The van der Waals surface area contributed by atoms with Crippen LogP contribution >= 0.6 is 0 Å². The highest BCUT2D eigenvalue weighted by Crippen LogP contribution is 2.37. The lowest BCUT2D eigenvalue weighted by Crippen LogP contribution is -2.13. The summed E-state index contributed by atoms with van der Waals surface area (Å²) in [5.41, 5.74) is 4.15. The topological polar surface area (TPSA) is 21.3 Å². The van der Waals surface area contributed by atoms with Crippen molar-refractivity contribution in [2.45, 2.75) is 32.2 Å². The van der Waals surface area contributed by atoms with Crippen molar-refractivity contribution in [1.82, 2.24) is 5.32 Å². The molecule has 2 aliphatic rings. The highest BCUT2D eigenvalue weighted by molar-refractivity contribution is 5.48. The van der Waals surface area contributed by atoms with Gasteiger partial charge in [-0.25, -0.2) is 0 Å². The summed E-state index contributed by atoms with van der Waals surface area (Å²) in [6.07, 6.45) is 3.61. The molecule has 80 valence electrons. The standard InChI is InChI=1S/C13H17NO/c1-9-7-10-4-6-15-13(10)11(8-9)12-3-2-5-14-12/h7-8,12,14H,2-6H2,1H3/t12-/m1/s1. The number of hydrogen-bond acceptors (Lipinski definition) is 2. The summed E-state index contributed by atoms with van der Waals surface area (Å²) < 4.78 is 5.76. The lowest BCUT2D eigenvalue weighted by atomic mass is 9.98. The molecule has 2 heteroatoms. The molecule has 0 bridgehead atoms. The number of benzene rings is 1. The number of ether oxygens (including phenoxy) is 1. The molecule has 0 aromatic heterocycles. The van der Waals surface area contributed by atoms with Crippen molar-refractivity contribution in [2.75, 3.05) is 13.2 Å². The van der Waals surface area contributed by atoms with Gasteiger partial charge in [0.2, 0.25) is 0 Å². The van der Waals surface area contributed by atoms with Crippen molar-refractivity contribution in [1.29, 1.82) is 0 Å². The normalized spacial score (nSPS) is 23.9. The highest BCUT2D eigenvalue weighted by atomic mass is 16.5. The van der Waals surface area contributed by atoms with Gasteiger partial charge >= 0.3 is 0 Å². The molecule has 1 fully saturated rings. The summed E-state index contributed by atoms with van der Waals surface area (Å²) in [4.78, 5) is 0. The average molecular weight is 203 g/mol. The van der Waals surface area contributed by atoms with Crippen LogP contribution in [-0.4, -0.2) is 13.2 Å². The molecule has 15 heavy (non-hydrogen) atoms. The Balaban J connectivity index is 2.05. The van der Waals surface area contributed by atoms with Gasteiger partial charge in [0, 0.05) is 18.0 Å². The molecule has 1 N–H and O–H groups in total. The molecule has 2 aliphatic heterocycles. The average Bonchev–Trinajstić information content (AvgIpc) is 2.86. The molecule has 0 amide bonds. The van der Waals surface area contributed by atoms with Crippen molar-refractivity contribution in [3.8, 4) is 5.75 Å². The molecule has 1 atom stereocenters. The van der Waals surface area contributed by atoms with Gasteiger partial charge in [0.1, 0.15) is 5.75 Å². The molecule has 0 spiro atoms. The minimum Gasteiger partial charge on any atom is -0.493 e. The Morgan fingerprint density at radius 2 is 2.33 bits per heavy atom. The Labute approximate surface area is 90.6 Å². The van der Waals surface area contributed by atoms with Gasteiger partial charge in [-0.2, -0.15) is 0 Å². The van der Waals surface area contributed by atoms with Crippen LogP contribution in [0.4, 0.5) is 0 Å². The zero-order valence-electron chi connectivity index (χ0n) is 9.18. The molecule has 1 aromatic carbocycles. The smallest absolute Gasteiger partial charge is 0.127 e. The van der Waals surface area contributed by atoms with Crippen LogP contribution in [0.25, 0.3) is 0 Å². The second kappa shape index (κ2) is 3.53. The monoisotopic (exact) mass is 203 g/mol. The SMILES string of the molecule is Cc1cc2c(c([C@H]3CCCN3)c1)OCC2. The first-order chi connectivity index (χ1) is 7.34. The maximum atomic E-state index is 5.76. The van der Waals surface area contributed by atoms with Crippen molar-refractivity contribution < 1.29 is 4.74 Å². The Kier molecular flexibility index (Phi) is 2.17. The number of hydrogen-bond donors (Lipinski definition) is 1. The van der Waals surface area contributed by atoms with Gasteiger partial charge in [0.25, 0.3) is 0 Å². The van der Waals surface area contributed by atoms with Gasteiger partial charge < -0.3 is 10.1 Å². The van der Waals surface area contributed by atoms with Crippen molar-refractivity contribution in [3.63, 3.8) is 0 Å². The van der Waals surface area contributed by atoms with Crippen molar-refractivity contribution >= 4 is 0 Å². The molecule has 1 aromatic rings. The van der Waals surface area contributed by atoms with Gasteiger partial charge in [-0.15, -0.1) is 0 Å². The first-order valence-electron chi connectivity index (χ1n) is 5.84. The molecule has 0 unspecified atom stereocenters. The fourth-order valence-electron chi connectivity index (χ4n) is 2.71. The molecule has 2 nitrogen and oxygen atoms in total. The summed E-state index contributed by atoms with van der Waals surface area (Å²) in [6.45, 7) is 4.18. The van der Waals surface area contributed by atoms with E-state index in [1.54, 1.807) is 0 Å². The zero-order valence-corrected chi connectivity index (χ0v) is 9.18. The number of nitrogens with one attached hydrogen (secondary N) is 1. The third-order valence-corrected chi connectivity index (χ3v) is 3.39. The van der Waals surface area contributed by atoms with E-state index in [1.165, 1.54) is 35.3 Å². The quantitative estimate of drug-likeness (QED) is 0.756. The van der Waals surface area contributed by atoms with Crippen LogP contribution in [0, 0.1) is 6.92 Å². The minimum absolute atomic E-state index is 0.525. The van der Waals surface area contributed by atoms with E-state index in [0.717, 1.165) is 19.6 Å². The molecule has 2 heterocycles. The molecular formula is C13H17NO. The van der Waals surface area contributed by atoms with E-state index in [0.29, 0.717) is 6.04 Å². The Hall–Kier alpha value is -1.02. The van der Waals surface area contributed by atoms with Gasteiger partial charge in [-0.3, -0.25) is 0 Å². The molecule has 0 saturated carbocycles.